The van der Waals surface area contributed by atoms with Crippen LogP contribution in [0.15, 0.2) is 42.6 Å². The molecular formula is C22H24FNO8. The maximum Gasteiger partial charge on any atom is 0.288 e. The summed E-state index contributed by atoms with van der Waals surface area (Å²) in [6, 6.07) is 9.48. The van der Waals surface area contributed by atoms with Gasteiger partial charge in [-0.2, -0.15) is 0 Å². The van der Waals surface area contributed by atoms with E-state index in [0.29, 0.717) is 28.5 Å². The second-order valence-electron chi connectivity index (χ2n) is 7.64. The molecule has 172 valence electrons. The summed E-state index contributed by atoms with van der Waals surface area (Å²) in [5, 5.41) is 51.4. The number of hydrogen-bond acceptors (Lipinski definition) is 8. The number of ether oxygens (including phenoxy) is 3. The third-order valence-corrected chi connectivity index (χ3v) is 5.60. The first-order valence-corrected chi connectivity index (χ1v) is 9.91. The standard InChI is InChI=1S/C22H24FNO8/c1-30-15-6-5-11(8-13(15)23)7-12-9-24-14-3-2-4-16(18(12)14)32-22(29)20(27)19(26)17(10-25)31-21(22)28/h2-6,8-9,17,19-21,24-29H,7,10H2,1H3/t17-,19-,20+,21+,22+/m1/s1. The molecule has 4 rings (SSSR count). The molecule has 3 aromatic rings. The van der Waals surface area contributed by atoms with Gasteiger partial charge in [-0.1, -0.05) is 12.1 Å². The Hall–Kier alpha value is -2.73. The highest BCUT2D eigenvalue weighted by molar-refractivity contribution is 5.89. The van der Waals surface area contributed by atoms with Gasteiger partial charge in [0.15, 0.2) is 17.7 Å². The number of halogens is 1. The smallest absolute Gasteiger partial charge is 0.288 e. The minimum Gasteiger partial charge on any atom is -0.494 e. The lowest BCUT2D eigenvalue weighted by atomic mass is 9.95. The average molecular weight is 449 g/mol. The summed E-state index contributed by atoms with van der Waals surface area (Å²) in [6.07, 6.45) is -5.03. The van der Waals surface area contributed by atoms with E-state index < -0.39 is 42.8 Å². The number of aromatic nitrogens is 1. The number of nitrogens with one attached hydrogen (secondary N) is 1. The molecule has 1 aliphatic rings. The zero-order valence-electron chi connectivity index (χ0n) is 17.1. The van der Waals surface area contributed by atoms with Gasteiger partial charge in [-0.3, -0.25) is 0 Å². The van der Waals surface area contributed by atoms with Crippen LogP contribution in [-0.2, 0) is 11.2 Å². The zero-order chi connectivity index (χ0) is 23.0. The summed E-state index contributed by atoms with van der Waals surface area (Å²) in [7, 11) is 1.38. The van der Waals surface area contributed by atoms with Gasteiger partial charge in [0.2, 0.25) is 6.29 Å². The van der Waals surface area contributed by atoms with Crippen molar-refractivity contribution in [1.29, 1.82) is 0 Å². The Labute approximate surface area is 182 Å². The van der Waals surface area contributed by atoms with E-state index in [9.17, 15) is 29.9 Å². The summed E-state index contributed by atoms with van der Waals surface area (Å²) in [6.45, 7) is -0.679. The third kappa shape index (κ3) is 3.81. The van der Waals surface area contributed by atoms with Crippen molar-refractivity contribution in [2.75, 3.05) is 13.7 Å². The van der Waals surface area contributed by atoms with E-state index in [1.165, 1.54) is 25.3 Å². The van der Waals surface area contributed by atoms with Gasteiger partial charge in [0.1, 0.15) is 18.0 Å². The second kappa shape index (κ2) is 8.66. The van der Waals surface area contributed by atoms with Crippen molar-refractivity contribution in [1.82, 2.24) is 4.98 Å². The molecule has 32 heavy (non-hydrogen) atoms. The van der Waals surface area contributed by atoms with E-state index in [2.05, 4.69) is 4.98 Å². The fourth-order valence-corrected chi connectivity index (χ4v) is 3.86. The molecule has 0 amide bonds. The van der Waals surface area contributed by atoms with Gasteiger partial charge in [0.05, 0.1) is 13.7 Å². The van der Waals surface area contributed by atoms with Crippen molar-refractivity contribution in [2.24, 2.45) is 0 Å². The topological polar surface area (TPSA) is 145 Å². The summed E-state index contributed by atoms with van der Waals surface area (Å²) < 4.78 is 29.7. The van der Waals surface area contributed by atoms with Crippen LogP contribution in [0.4, 0.5) is 4.39 Å². The molecule has 0 saturated carbocycles. The van der Waals surface area contributed by atoms with Gasteiger partial charge in [0, 0.05) is 17.1 Å². The van der Waals surface area contributed by atoms with E-state index >= 15 is 0 Å². The Bertz CT molecular complexity index is 1100. The number of aliphatic hydroxyl groups excluding tert-OH is 4. The van der Waals surface area contributed by atoms with Crippen LogP contribution < -0.4 is 9.47 Å². The van der Waals surface area contributed by atoms with Crippen LogP contribution in [0.1, 0.15) is 11.1 Å². The van der Waals surface area contributed by atoms with E-state index in [4.69, 9.17) is 14.2 Å². The van der Waals surface area contributed by atoms with Gasteiger partial charge in [-0.15, -0.1) is 0 Å². The number of methoxy groups -OCH3 is 1. The maximum atomic E-state index is 14.1. The van der Waals surface area contributed by atoms with Gasteiger partial charge < -0.3 is 44.7 Å². The molecule has 1 aliphatic heterocycles. The Morgan fingerprint density at radius 3 is 2.62 bits per heavy atom. The highest BCUT2D eigenvalue weighted by Crippen LogP contribution is 2.37. The molecule has 0 aliphatic carbocycles. The predicted molar refractivity (Wildman–Crippen MR) is 110 cm³/mol. The first-order valence-electron chi connectivity index (χ1n) is 9.91. The van der Waals surface area contributed by atoms with Crippen LogP contribution in [0.2, 0.25) is 0 Å². The van der Waals surface area contributed by atoms with E-state index in [1.807, 2.05) is 0 Å². The molecule has 5 atom stereocenters. The number of rotatable bonds is 6. The lowest BCUT2D eigenvalue weighted by Gasteiger charge is -2.45. The van der Waals surface area contributed by atoms with Crippen molar-refractivity contribution in [3.63, 3.8) is 0 Å². The number of aliphatic hydroxyl groups is 5. The fraction of sp³-hybridized carbons (Fsp3) is 0.364. The lowest BCUT2D eigenvalue weighted by Crippen LogP contribution is -2.69. The van der Waals surface area contributed by atoms with E-state index in [1.54, 1.807) is 24.4 Å². The van der Waals surface area contributed by atoms with Crippen LogP contribution in [0.25, 0.3) is 10.9 Å². The molecule has 6 N–H and O–H groups in total. The Morgan fingerprint density at radius 1 is 1.16 bits per heavy atom. The van der Waals surface area contributed by atoms with Gasteiger partial charge >= 0.3 is 0 Å². The molecule has 0 spiro atoms. The van der Waals surface area contributed by atoms with Crippen LogP contribution in [0, 0.1) is 5.82 Å². The average Bonchev–Trinajstić information content (AvgIpc) is 3.19. The number of aromatic amines is 1. The molecule has 1 fully saturated rings. The third-order valence-electron chi connectivity index (χ3n) is 5.60. The molecule has 0 bridgehead atoms. The molecule has 0 unspecified atom stereocenters. The van der Waals surface area contributed by atoms with Crippen LogP contribution in [0.3, 0.4) is 0 Å². The SMILES string of the molecule is COc1ccc(Cc2c[nH]c3cccc(O[C@]4(O)[C@@H](O)O[C@H](CO)[C@@H](O)[C@@H]4O)c23)cc1F. The summed E-state index contributed by atoms with van der Waals surface area (Å²) in [5.41, 5.74) is 1.97. The quantitative estimate of drug-likeness (QED) is 0.297. The van der Waals surface area contributed by atoms with Crippen molar-refractivity contribution in [2.45, 2.75) is 36.8 Å². The Kier molecular flexibility index (Phi) is 6.08. The Balaban J connectivity index is 1.68. The second-order valence-corrected chi connectivity index (χ2v) is 7.64. The minimum atomic E-state index is -2.71. The maximum absolute atomic E-state index is 14.1. The van der Waals surface area contributed by atoms with Crippen LogP contribution >= 0.6 is 0 Å². The van der Waals surface area contributed by atoms with Gasteiger partial charge in [-0.05, 0) is 41.8 Å². The van der Waals surface area contributed by atoms with E-state index in [0.717, 1.165) is 0 Å². The van der Waals surface area contributed by atoms with Crippen LogP contribution in [0.5, 0.6) is 11.5 Å². The highest BCUT2D eigenvalue weighted by Gasteiger charge is 2.57. The normalized spacial score (nSPS) is 28.1. The molecule has 2 heterocycles. The summed E-state index contributed by atoms with van der Waals surface area (Å²) in [4.78, 5) is 3.06. The number of benzene rings is 2. The summed E-state index contributed by atoms with van der Waals surface area (Å²) in [5.74, 6) is -3.00. The first-order chi connectivity index (χ1) is 15.3. The molecule has 0 radical (unpaired) electrons. The van der Waals surface area contributed by atoms with Gasteiger partial charge in [-0.25, -0.2) is 4.39 Å². The van der Waals surface area contributed by atoms with Crippen molar-refractivity contribution < 1.29 is 44.1 Å². The number of H-pyrrole nitrogens is 1. The molecule has 1 saturated heterocycles. The van der Waals surface area contributed by atoms with Crippen LogP contribution in [-0.4, -0.2) is 74.6 Å². The van der Waals surface area contributed by atoms with Crippen molar-refractivity contribution in [3.05, 3.63) is 59.5 Å². The molecular weight excluding hydrogens is 425 g/mol. The summed E-state index contributed by atoms with van der Waals surface area (Å²) >= 11 is 0. The zero-order valence-corrected chi connectivity index (χ0v) is 17.1. The monoisotopic (exact) mass is 449 g/mol. The molecule has 10 heteroatoms. The Morgan fingerprint density at radius 2 is 1.94 bits per heavy atom. The fourth-order valence-electron chi connectivity index (χ4n) is 3.86. The molecule has 2 aromatic carbocycles. The highest BCUT2D eigenvalue weighted by atomic mass is 19.1. The number of fused-ring (bicyclic) bond motifs is 1. The minimum absolute atomic E-state index is 0.0894. The molecule has 9 nitrogen and oxygen atoms in total. The van der Waals surface area contributed by atoms with E-state index in [-0.39, 0.29) is 11.5 Å². The largest absolute Gasteiger partial charge is 0.494 e. The van der Waals surface area contributed by atoms with Crippen molar-refractivity contribution in [3.8, 4) is 11.5 Å². The van der Waals surface area contributed by atoms with Gasteiger partial charge in [0.25, 0.3) is 5.79 Å². The number of hydrogen-bond donors (Lipinski definition) is 6. The predicted octanol–water partition coefficient (Wildman–Crippen LogP) is 0.405. The lowest BCUT2D eigenvalue weighted by molar-refractivity contribution is -0.385. The first kappa shape index (κ1) is 22.5. The van der Waals surface area contributed by atoms with Crippen molar-refractivity contribution >= 4 is 10.9 Å². The molecule has 1 aromatic heterocycles.